The number of alkyl halides is 2. The molecular weight excluding hydrogens is 328 g/mol. The predicted molar refractivity (Wildman–Crippen MR) is 81.6 cm³/mol. The number of carbonyl (C=O) groups is 2. The number of hydrogen-bond donors (Lipinski definition) is 0. The molecule has 8 heteroatoms. The quantitative estimate of drug-likeness (QED) is 0.709. The molecule has 0 spiro atoms. The van der Waals surface area contributed by atoms with Gasteiger partial charge in [0.15, 0.2) is 0 Å². The van der Waals surface area contributed by atoms with Crippen molar-refractivity contribution in [3.63, 3.8) is 0 Å². The SMILES string of the molecule is C[C@@H](OC(=O)CCN1CCSC1=O)c1ccc(OC(F)F)cc1. The summed E-state index contributed by atoms with van der Waals surface area (Å²) in [4.78, 5) is 24.8. The normalized spacial score (nSPS) is 15.8. The lowest BCUT2D eigenvalue weighted by Crippen LogP contribution is -2.26. The molecule has 126 valence electrons. The molecule has 1 aromatic carbocycles. The van der Waals surface area contributed by atoms with Gasteiger partial charge in [-0.1, -0.05) is 23.9 Å². The molecule has 1 heterocycles. The summed E-state index contributed by atoms with van der Waals surface area (Å²) < 4.78 is 33.7. The highest BCUT2D eigenvalue weighted by molar-refractivity contribution is 8.13. The third-order valence-corrected chi connectivity index (χ3v) is 4.21. The van der Waals surface area contributed by atoms with Crippen molar-refractivity contribution < 1.29 is 27.8 Å². The predicted octanol–water partition coefficient (Wildman–Crippen LogP) is 3.45. The van der Waals surface area contributed by atoms with Crippen LogP contribution in [0.4, 0.5) is 13.6 Å². The molecule has 0 saturated carbocycles. The molecule has 1 atom stereocenters. The standard InChI is InChI=1S/C15H17F2NO4S/c1-10(11-2-4-12(5-3-11)22-14(16)17)21-13(19)6-7-18-8-9-23-15(18)20/h2-5,10,14H,6-9H2,1H3/t10-/m1/s1. The average molecular weight is 345 g/mol. The van der Waals surface area contributed by atoms with Gasteiger partial charge in [0.1, 0.15) is 11.9 Å². The van der Waals surface area contributed by atoms with E-state index in [1.165, 1.54) is 23.9 Å². The third kappa shape index (κ3) is 5.38. The van der Waals surface area contributed by atoms with E-state index in [9.17, 15) is 18.4 Å². The van der Waals surface area contributed by atoms with E-state index < -0.39 is 18.7 Å². The van der Waals surface area contributed by atoms with Crippen LogP contribution in [0.5, 0.6) is 5.75 Å². The minimum Gasteiger partial charge on any atom is -0.458 e. The van der Waals surface area contributed by atoms with Crippen LogP contribution in [0, 0.1) is 0 Å². The lowest BCUT2D eigenvalue weighted by Gasteiger charge is -2.17. The number of nitrogens with zero attached hydrogens (tertiary/aromatic N) is 1. The molecule has 0 bridgehead atoms. The first kappa shape index (κ1) is 17.5. The summed E-state index contributed by atoms with van der Waals surface area (Å²) >= 11 is 1.24. The Balaban J connectivity index is 1.79. The molecule has 1 fully saturated rings. The third-order valence-electron chi connectivity index (χ3n) is 3.31. The lowest BCUT2D eigenvalue weighted by molar-refractivity contribution is -0.148. The van der Waals surface area contributed by atoms with Crippen LogP contribution in [0.2, 0.25) is 0 Å². The fourth-order valence-corrected chi connectivity index (χ4v) is 2.95. The van der Waals surface area contributed by atoms with Gasteiger partial charge in [0, 0.05) is 18.8 Å². The molecule has 0 aliphatic carbocycles. The molecule has 0 N–H and O–H groups in total. The number of carbonyl (C=O) groups excluding carboxylic acids is 2. The number of esters is 1. The Labute approximate surface area is 136 Å². The van der Waals surface area contributed by atoms with Crippen molar-refractivity contribution in [2.75, 3.05) is 18.8 Å². The second-order valence-corrected chi connectivity index (χ2v) is 5.98. The van der Waals surface area contributed by atoms with Crippen molar-refractivity contribution in [2.24, 2.45) is 0 Å². The molecule has 1 amide bonds. The molecule has 1 saturated heterocycles. The van der Waals surface area contributed by atoms with E-state index >= 15 is 0 Å². The summed E-state index contributed by atoms with van der Waals surface area (Å²) in [6.45, 7) is -0.184. The molecule has 2 rings (SSSR count). The maximum atomic E-state index is 12.1. The maximum Gasteiger partial charge on any atom is 0.387 e. The Hall–Kier alpha value is -1.83. The van der Waals surface area contributed by atoms with Gasteiger partial charge in [0.05, 0.1) is 6.42 Å². The first-order valence-electron chi connectivity index (χ1n) is 7.11. The van der Waals surface area contributed by atoms with Crippen molar-refractivity contribution in [2.45, 2.75) is 26.1 Å². The summed E-state index contributed by atoms with van der Waals surface area (Å²) in [6.07, 6.45) is -0.379. The topological polar surface area (TPSA) is 55.8 Å². The zero-order chi connectivity index (χ0) is 16.8. The number of amides is 1. The van der Waals surface area contributed by atoms with Crippen LogP contribution in [0.25, 0.3) is 0 Å². The second-order valence-electron chi connectivity index (χ2n) is 4.93. The first-order valence-corrected chi connectivity index (χ1v) is 8.10. The van der Waals surface area contributed by atoms with E-state index in [0.717, 1.165) is 5.75 Å². The zero-order valence-corrected chi connectivity index (χ0v) is 13.4. The van der Waals surface area contributed by atoms with Crippen LogP contribution in [0.15, 0.2) is 24.3 Å². The summed E-state index contributed by atoms with van der Waals surface area (Å²) in [5.41, 5.74) is 0.674. The van der Waals surface area contributed by atoms with Gasteiger partial charge >= 0.3 is 12.6 Å². The summed E-state index contributed by atoms with van der Waals surface area (Å²) in [5, 5.41) is -0.0135. The maximum absolute atomic E-state index is 12.1. The summed E-state index contributed by atoms with van der Waals surface area (Å²) in [6, 6.07) is 5.92. The van der Waals surface area contributed by atoms with E-state index in [2.05, 4.69) is 4.74 Å². The first-order chi connectivity index (χ1) is 11.0. The second kappa shape index (κ2) is 8.14. The zero-order valence-electron chi connectivity index (χ0n) is 12.5. The van der Waals surface area contributed by atoms with E-state index in [4.69, 9.17) is 4.74 Å². The highest BCUT2D eigenvalue weighted by atomic mass is 32.2. The summed E-state index contributed by atoms with van der Waals surface area (Å²) in [5.74, 6) is 0.388. The van der Waals surface area contributed by atoms with Crippen molar-refractivity contribution in [3.05, 3.63) is 29.8 Å². The van der Waals surface area contributed by atoms with Gasteiger partial charge < -0.3 is 14.4 Å². The Morgan fingerprint density at radius 2 is 2.04 bits per heavy atom. The van der Waals surface area contributed by atoms with Gasteiger partial charge in [0.2, 0.25) is 0 Å². The Morgan fingerprint density at radius 3 is 2.61 bits per heavy atom. The average Bonchev–Trinajstić information content (AvgIpc) is 2.90. The molecule has 0 radical (unpaired) electrons. The smallest absolute Gasteiger partial charge is 0.387 e. The Kier molecular flexibility index (Phi) is 6.20. The van der Waals surface area contributed by atoms with Crippen molar-refractivity contribution in [1.29, 1.82) is 0 Å². The molecular formula is C15H17F2NO4S. The van der Waals surface area contributed by atoms with E-state index in [1.54, 1.807) is 24.0 Å². The molecule has 1 aromatic rings. The number of hydrogen-bond acceptors (Lipinski definition) is 5. The minimum absolute atomic E-state index is 0.0135. The largest absolute Gasteiger partial charge is 0.458 e. The highest BCUT2D eigenvalue weighted by Crippen LogP contribution is 2.22. The van der Waals surface area contributed by atoms with Crippen molar-refractivity contribution in [1.82, 2.24) is 4.90 Å². The van der Waals surface area contributed by atoms with Gasteiger partial charge in [-0.25, -0.2) is 0 Å². The number of benzene rings is 1. The summed E-state index contributed by atoms with van der Waals surface area (Å²) in [7, 11) is 0. The highest BCUT2D eigenvalue weighted by Gasteiger charge is 2.22. The number of ether oxygens (including phenoxy) is 2. The monoisotopic (exact) mass is 345 g/mol. The van der Waals surface area contributed by atoms with Gasteiger partial charge in [-0.2, -0.15) is 8.78 Å². The lowest BCUT2D eigenvalue weighted by atomic mass is 10.1. The molecule has 1 aliphatic rings. The van der Waals surface area contributed by atoms with Gasteiger partial charge in [-0.3, -0.25) is 9.59 Å². The van der Waals surface area contributed by atoms with Crippen LogP contribution >= 0.6 is 11.8 Å². The van der Waals surface area contributed by atoms with Crippen molar-refractivity contribution >= 4 is 23.0 Å². The number of rotatable bonds is 7. The van der Waals surface area contributed by atoms with Gasteiger partial charge in [-0.05, 0) is 24.6 Å². The minimum atomic E-state index is -2.87. The van der Waals surface area contributed by atoms with Crippen LogP contribution in [0.3, 0.4) is 0 Å². The van der Waals surface area contributed by atoms with Gasteiger partial charge in [-0.15, -0.1) is 0 Å². The number of halogens is 2. The fraction of sp³-hybridized carbons (Fsp3) is 0.467. The molecule has 23 heavy (non-hydrogen) atoms. The molecule has 1 aliphatic heterocycles. The van der Waals surface area contributed by atoms with Gasteiger partial charge in [0.25, 0.3) is 5.24 Å². The van der Waals surface area contributed by atoms with Crippen LogP contribution in [0.1, 0.15) is 25.0 Å². The van der Waals surface area contributed by atoms with Crippen molar-refractivity contribution in [3.8, 4) is 5.75 Å². The molecule has 0 aromatic heterocycles. The number of thioether (sulfide) groups is 1. The van der Waals surface area contributed by atoms with Crippen LogP contribution in [-0.4, -0.2) is 41.6 Å². The molecule has 0 unspecified atom stereocenters. The molecule has 5 nitrogen and oxygen atoms in total. The van der Waals surface area contributed by atoms with E-state index in [0.29, 0.717) is 18.7 Å². The van der Waals surface area contributed by atoms with E-state index in [-0.39, 0.29) is 17.4 Å². The van der Waals surface area contributed by atoms with Crippen LogP contribution < -0.4 is 4.74 Å². The van der Waals surface area contributed by atoms with E-state index in [1.807, 2.05) is 0 Å². The Morgan fingerprint density at radius 1 is 1.35 bits per heavy atom. The Bertz CT molecular complexity index is 553. The fourth-order valence-electron chi connectivity index (χ4n) is 2.10. The van der Waals surface area contributed by atoms with Crippen LogP contribution in [-0.2, 0) is 9.53 Å².